The molecule has 0 aliphatic rings. The third-order valence-electron chi connectivity index (χ3n) is 1.74. The van der Waals surface area contributed by atoms with Gasteiger partial charge < -0.3 is 4.74 Å². The Labute approximate surface area is 101 Å². The average molecular weight is 283 g/mol. The van der Waals surface area contributed by atoms with Gasteiger partial charge in [0.1, 0.15) is 13.8 Å². The van der Waals surface area contributed by atoms with Gasteiger partial charge in [-0.05, 0) is 18.2 Å². The van der Waals surface area contributed by atoms with Gasteiger partial charge in [0.2, 0.25) is 0 Å². The van der Waals surface area contributed by atoms with Crippen molar-refractivity contribution in [2.45, 2.75) is 19.6 Å². The lowest BCUT2D eigenvalue weighted by atomic mass is 10.2. The molecule has 0 saturated heterocycles. The molecule has 0 heterocycles. The summed E-state index contributed by atoms with van der Waals surface area (Å²) >= 11 is 3.41. The molecule has 1 aromatic rings. The van der Waals surface area contributed by atoms with Crippen LogP contribution in [0.5, 0.6) is 5.75 Å². The van der Waals surface area contributed by atoms with Crippen LogP contribution in [0.2, 0.25) is 19.6 Å². The van der Waals surface area contributed by atoms with E-state index in [2.05, 4.69) is 47.0 Å². The second-order valence-corrected chi connectivity index (χ2v) is 10.0. The number of ether oxygens (including phenoxy) is 1. The second kappa shape index (κ2) is 4.87. The van der Waals surface area contributed by atoms with Crippen molar-refractivity contribution in [3.63, 3.8) is 0 Å². The fourth-order valence-corrected chi connectivity index (χ4v) is 1.87. The van der Waals surface area contributed by atoms with Crippen molar-refractivity contribution < 1.29 is 4.74 Å². The fraction of sp³-hybridized carbons (Fsp3) is 0.333. The molecular formula is C12H15BrOSi. The molecule has 0 aliphatic carbocycles. The van der Waals surface area contributed by atoms with Crippen LogP contribution in [0.25, 0.3) is 0 Å². The first-order valence-corrected chi connectivity index (χ1v) is 9.08. The zero-order chi connectivity index (χ0) is 11.5. The Morgan fingerprint density at radius 3 is 2.47 bits per heavy atom. The molecule has 1 aromatic carbocycles. The molecule has 0 N–H and O–H groups in total. The highest BCUT2D eigenvalue weighted by Crippen LogP contribution is 2.22. The summed E-state index contributed by atoms with van der Waals surface area (Å²) in [5.41, 5.74) is 4.29. The number of halogens is 1. The highest BCUT2D eigenvalue weighted by atomic mass is 79.9. The van der Waals surface area contributed by atoms with E-state index in [0.717, 1.165) is 15.8 Å². The van der Waals surface area contributed by atoms with Crippen molar-refractivity contribution in [3.05, 3.63) is 28.2 Å². The summed E-state index contributed by atoms with van der Waals surface area (Å²) in [4.78, 5) is 0. The van der Waals surface area contributed by atoms with Crippen molar-refractivity contribution in [2.75, 3.05) is 7.11 Å². The van der Waals surface area contributed by atoms with Gasteiger partial charge in [-0.15, -0.1) is 5.54 Å². The van der Waals surface area contributed by atoms with Gasteiger partial charge in [0, 0.05) is 4.47 Å². The van der Waals surface area contributed by atoms with Crippen molar-refractivity contribution in [1.82, 2.24) is 0 Å². The Hall–Kier alpha value is -0.723. The predicted octanol–water partition coefficient (Wildman–Crippen LogP) is 3.69. The quantitative estimate of drug-likeness (QED) is 0.564. The molecule has 0 unspecified atom stereocenters. The van der Waals surface area contributed by atoms with Gasteiger partial charge in [-0.1, -0.05) is 41.5 Å². The maximum absolute atomic E-state index is 5.27. The topological polar surface area (TPSA) is 9.23 Å². The minimum absolute atomic E-state index is 0.829. The van der Waals surface area contributed by atoms with E-state index in [1.165, 1.54) is 0 Å². The average Bonchev–Trinajstić information content (AvgIpc) is 2.14. The van der Waals surface area contributed by atoms with Crippen molar-refractivity contribution >= 4 is 24.0 Å². The number of rotatable bonds is 1. The lowest BCUT2D eigenvalue weighted by Crippen LogP contribution is -2.16. The predicted molar refractivity (Wildman–Crippen MR) is 70.9 cm³/mol. The first-order valence-electron chi connectivity index (χ1n) is 4.79. The number of hydrogen-bond acceptors (Lipinski definition) is 1. The normalized spacial score (nSPS) is 10.5. The molecular weight excluding hydrogens is 268 g/mol. The standard InChI is InChI=1S/C12H15BrOSi/c1-14-12-9-11(13)6-5-10(12)7-8-15(2,3)4/h5-6,9H,1-4H3. The largest absolute Gasteiger partial charge is 0.495 e. The van der Waals surface area contributed by atoms with Crippen LogP contribution in [0.1, 0.15) is 5.56 Å². The number of methoxy groups -OCH3 is 1. The maximum atomic E-state index is 5.27. The zero-order valence-corrected chi connectivity index (χ0v) is 12.1. The van der Waals surface area contributed by atoms with Gasteiger partial charge in [-0.3, -0.25) is 0 Å². The summed E-state index contributed by atoms with van der Waals surface area (Å²) < 4.78 is 6.29. The molecule has 0 saturated carbocycles. The molecule has 0 aliphatic heterocycles. The van der Waals surface area contributed by atoms with Crippen LogP contribution >= 0.6 is 15.9 Å². The summed E-state index contributed by atoms with van der Waals surface area (Å²) in [5, 5.41) is 0. The van der Waals surface area contributed by atoms with Crippen LogP contribution in [-0.2, 0) is 0 Å². The molecule has 0 spiro atoms. The van der Waals surface area contributed by atoms with Crippen molar-refractivity contribution in [2.24, 2.45) is 0 Å². The Morgan fingerprint density at radius 2 is 1.93 bits per heavy atom. The third kappa shape index (κ3) is 4.11. The Bertz CT molecular complexity index is 410. The van der Waals surface area contributed by atoms with Crippen LogP contribution < -0.4 is 4.74 Å². The first-order chi connectivity index (χ1) is 6.92. The van der Waals surface area contributed by atoms with Crippen LogP contribution in [-0.4, -0.2) is 15.2 Å². The Balaban J connectivity index is 3.08. The van der Waals surface area contributed by atoms with Gasteiger partial charge in [0.25, 0.3) is 0 Å². The summed E-state index contributed by atoms with van der Waals surface area (Å²) in [6.07, 6.45) is 0. The van der Waals surface area contributed by atoms with E-state index in [4.69, 9.17) is 4.74 Å². The summed E-state index contributed by atoms with van der Waals surface area (Å²) in [6, 6.07) is 5.90. The van der Waals surface area contributed by atoms with Crippen molar-refractivity contribution in [1.29, 1.82) is 0 Å². The van der Waals surface area contributed by atoms with E-state index in [-0.39, 0.29) is 0 Å². The molecule has 0 bridgehead atoms. The molecule has 0 fully saturated rings. The number of hydrogen-bond donors (Lipinski definition) is 0. The summed E-state index contributed by atoms with van der Waals surface area (Å²) in [5.74, 6) is 4.03. The minimum atomic E-state index is -1.32. The molecule has 0 radical (unpaired) electrons. The molecule has 1 nitrogen and oxygen atoms in total. The van der Waals surface area contributed by atoms with E-state index in [0.29, 0.717) is 0 Å². The highest BCUT2D eigenvalue weighted by Gasteiger charge is 2.08. The van der Waals surface area contributed by atoms with Gasteiger partial charge in [0.05, 0.1) is 12.7 Å². The molecule has 0 amide bonds. The fourth-order valence-electron chi connectivity index (χ4n) is 1.02. The van der Waals surface area contributed by atoms with Gasteiger partial charge >= 0.3 is 0 Å². The molecule has 0 atom stereocenters. The molecule has 0 aromatic heterocycles. The maximum Gasteiger partial charge on any atom is 0.135 e. The molecule has 15 heavy (non-hydrogen) atoms. The van der Waals surface area contributed by atoms with Crippen LogP contribution in [0.4, 0.5) is 0 Å². The monoisotopic (exact) mass is 282 g/mol. The van der Waals surface area contributed by atoms with E-state index in [9.17, 15) is 0 Å². The smallest absolute Gasteiger partial charge is 0.135 e. The van der Waals surface area contributed by atoms with Crippen molar-refractivity contribution in [3.8, 4) is 17.2 Å². The molecule has 3 heteroatoms. The first kappa shape index (κ1) is 12.3. The lowest BCUT2D eigenvalue weighted by molar-refractivity contribution is 0.413. The second-order valence-electron chi connectivity index (χ2n) is 4.34. The van der Waals surface area contributed by atoms with E-state index >= 15 is 0 Å². The van der Waals surface area contributed by atoms with Gasteiger partial charge in [-0.2, -0.15) is 0 Å². The Morgan fingerprint density at radius 1 is 1.27 bits per heavy atom. The highest BCUT2D eigenvalue weighted by molar-refractivity contribution is 9.10. The number of benzene rings is 1. The third-order valence-corrected chi connectivity index (χ3v) is 3.10. The van der Waals surface area contributed by atoms with Gasteiger partial charge in [0.15, 0.2) is 0 Å². The van der Waals surface area contributed by atoms with Crippen LogP contribution in [0.15, 0.2) is 22.7 Å². The van der Waals surface area contributed by atoms with E-state index in [1.54, 1.807) is 7.11 Å². The minimum Gasteiger partial charge on any atom is -0.495 e. The summed E-state index contributed by atoms with van der Waals surface area (Å²) in [7, 11) is 0.350. The zero-order valence-electron chi connectivity index (χ0n) is 9.52. The Kier molecular flexibility index (Phi) is 4.01. The molecule has 1 rings (SSSR count). The molecule has 80 valence electrons. The SMILES string of the molecule is COc1cc(Br)ccc1C#C[Si](C)(C)C. The van der Waals surface area contributed by atoms with Gasteiger partial charge in [-0.25, -0.2) is 0 Å². The van der Waals surface area contributed by atoms with E-state index < -0.39 is 8.07 Å². The lowest BCUT2D eigenvalue weighted by Gasteiger charge is -2.06. The van der Waals surface area contributed by atoms with Crippen LogP contribution in [0, 0.1) is 11.5 Å². The summed E-state index contributed by atoms with van der Waals surface area (Å²) in [6.45, 7) is 6.68. The van der Waals surface area contributed by atoms with Crippen LogP contribution in [0.3, 0.4) is 0 Å². The van der Waals surface area contributed by atoms with E-state index in [1.807, 2.05) is 18.2 Å².